The summed E-state index contributed by atoms with van der Waals surface area (Å²) >= 11 is 0. The maximum atomic E-state index is 12.2. The van der Waals surface area contributed by atoms with E-state index in [0.717, 1.165) is 6.42 Å². The molecule has 1 fully saturated rings. The van der Waals surface area contributed by atoms with Crippen molar-refractivity contribution in [3.63, 3.8) is 0 Å². The number of methoxy groups -OCH3 is 1. The minimum absolute atomic E-state index is 0.0104. The molecule has 1 heterocycles. The van der Waals surface area contributed by atoms with Gasteiger partial charge in [-0.1, -0.05) is 11.8 Å². The van der Waals surface area contributed by atoms with E-state index in [1.807, 2.05) is 0 Å². The van der Waals surface area contributed by atoms with Crippen molar-refractivity contribution in [1.29, 1.82) is 0 Å². The fraction of sp³-hybridized carbons (Fsp3) is 0.467. The molecule has 0 radical (unpaired) electrons. The first-order chi connectivity index (χ1) is 10.1. The molecule has 0 spiro atoms. The minimum Gasteiger partial charge on any atom is -0.495 e. The number of benzene rings is 1. The van der Waals surface area contributed by atoms with Crippen LogP contribution in [0.25, 0.3) is 0 Å². The van der Waals surface area contributed by atoms with Gasteiger partial charge in [-0.25, -0.2) is 8.42 Å². The molecule has 0 saturated carbocycles. The van der Waals surface area contributed by atoms with E-state index < -0.39 is 10.0 Å². The molecule has 1 saturated heterocycles. The summed E-state index contributed by atoms with van der Waals surface area (Å²) in [5, 5.41) is 8.74. The van der Waals surface area contributed by atoms with Crippen molar-refractivity contribution >= 4 is 15.7 Å². The van der Waals surface area contributed by atoms with E-state index in [9.17, 15) is 8.42 Å². The van der Waals surface area contributed by atoms with Gasteiger partial charge in [0.2, 0.25) is 10.0 Å². The molecule has 0 amide bonds. The predicted molar refractivity (Wildman–Crippen MR) is 81.9 cm³/mol. The molecule has 0 bridgehead atoms. The van der Waals surface area contributed by atoms with Crippen LogP contribution >= 0.6 is 0 Å². The van der Waals surface area contributed by atoms with E-state index in [0.29, 0.717) is 36.4 Å². The van der Waals surface area contributed by atoms with Crippen LogP contribution in [0.1, 0.15) is 24.8 Å². The number of anilines is 1. The number of hydrogen-bond donors (Lipinski definition) is 1. The third-order valence-electron chi connectivity index (χ3n) is 3.27. The monoisotopic (exact) mass is 309 g/mol. The average molecular weight is 309 g/mol. The average Bonchev–Trinajstić information content (AvgIpc) is 2.47. The zero-order chi connectivity index (χ0) is 15.3. The molecule has 1 N–H and O–H groups in total. The molecule has 1 aliphatic heterocycles. The van der Waals surface area contributed by atoms with Crippen LogP contribution in [0.2, 0.25) is 0 Å². The van der Waals surface area contributed by atoms with Gasteiger partial charge in [-0.15, -0.1) is 0 Å². The van der Waals surface area contributed by atoms with Gasteiger partial charge in [0, 0.05) is 18.5 Å². The first-order valence-corrected chi connectivity index (χ1v) is 8.47. The fourth-order valence-corrected chi connectivity index (χ4v) is 3.88. The molecule has 1 aromatic carbocycles. The summed E-state index contributed by atoms with van der Waals surface area (Å²) in [6.45, 7) is 0.475. The van der Waals surface area contributed by atoms with Crippen LogP contribution in [0.15, 0.2) is 18.2 Å². The van der Waals surface area contributed by atoms with E-state index in [-0.39, 0.29) is 12.4 Å². The Hall–Kier alpha value is -1.71. The van der Waals surface area contributed by atoms with Crippen LogP contribution < -0.4 is 9.04 Å². The number of nitrogens with zero attached hydrogens (tertiary/aromatic N) is 1. The van der Waals surface area contributed by atoms with Crippen molar-refractivity contribution in [1.82, 2.24) is 0 Å². The molecule has 1 aliphatic rings. The number of sulfonamides is 1. The lowest BCUT2D eigenvalue weighted by molar-refractivity contribution is 0.305. The lowest BCUT2D eigenvalue weighted by Gasteiger charge is -2.29. The van der Waals surface area contributed by atoms with Crippen molar-refractivity contribution in [3.05, 3.63) is 23.8 Å². The predicted octanol–water partition coefficient (Wildman–Crippen LogP) is 1.36. The van der Waals surface area contributed by atoms with Gasteiger partial charge < -0.3 is 9.84 Å². The van der Waals surface area contributed by atoms with Crippen LogP contribution in [-0.4, -0.2) is 39.5 Å². The van der Waals surface area contributed by atoms with E-state index in [1.165, 1.54) is 11.4 Å². The molecule has 5 nitrogen and oxygen atoms in total. The highest BCUT2D eigenvalue weighted by Gasteiger charge is 2.28. The van der Waals surface area contributed by atoms with Crippen molar-refractivity contribution in [3.8, 4) is 17.6 Å². The molecule has 6 heteroatoms. The third-order valence-corrected chi connectivity index (χ3v) is 5.12. The topological polar surface area (TPSA) is 66.8 Å². The first-order valence-electron chi connectivity index (χ1n) is 6.86. The van der Waals surface area contributed by atoms with Crippen molar-refractivity contribution in [2.24, 2.45) is 0 Å². The molecular formula is C15H19NO4S. The maximum Gasteiger partial charge on any atom is 0.235 e. The van der Waals surface area contributed by atoms with Gasteiger partial charge in [-0.2, -0.15) is 0 Å². The molecule has 0 unspecified atom stereocenters. The van der Waals surface area contributed by atoms with E-state index in [2.05, 4.69) is 11.8 Å². The van der Waals surface area contributed by atoms with Crippen molar-refractivity contribution in [2.75, 3.05) is 30.3 Å². The number of hydrogen-bond acceptors (Lipinski definition) is 4. The van der Waals surface area contributed by atoms with E-state index >= 15 is 0 Å². The van der Waals surface area contributed by atoms with Crippen molar-refractivity contribution in [2.45, 2.75) is 19.3 Å². The Bertz CT molecular complexity index is 658. The Morgan fingerprint density at radius 2 is 2.19 bits per heavy atom. The van der Waals surface area contributed by atoms with Gasteiger partial charge >= 0.3 is 0 Å². The van der Waals surface area contributed by atoms with E-state index in [4.69, 9.17) is 9.84 Å². The van der Waals surface area contributed by atoms with Gasteiger partial charge in [-0.05, 0) is 31.0 Å². The fourth-order valence-electron chi connectivity index (χ4n) is 2.24. The lowest BCUT2D eigenvalue weighted by atomic mass is 10.1. The summed E-state index contributed by atoms with van der Waals surface area (Å²) in [4.78, 5) is 0. The first kappa shape index (κ1) is 15.7. The zero-order valence-electron chi connectivity index (χ0n) is 12.0. The van der Waals surface area contributed by atoms with Gasteiger partial charge in [0.15, 0.2) is 0 Å². The number of aliphatic hydroxyl groups excluding tert-OH is 1. The van der Waals surface area contributed by atoms with Gasteiger partial charge in [0.05, 0.1) is 25.2 Å². The van der Waals surface area contributed by atoms with Crippen molar-refractivity contribution < 1.29 is 18.3 Å². The Balaban J connectivity index is 2.41. The van der Waals surface area contributed by atoms with Crippen LogP contribution in [0.4, 0.5) is 5.69 Å². The molecule has 0 atom stereocenters. The van der Waals surface area contributed by atoms with Gasteiger partial charge in [0.1, 0.15) is 5.75 Å². The minimum atomic E-state index is -3.29. The molecule has 2 rings (SSSR count). The highest BCUT2D eigenvalue weighted by atomic mass is 32.2. The Labute approximate surface area is 125 Å². The quantitative estimate of drug-likeness (QED) is 0.856. The lowest BCUT2D eigenvalue weighted by Crippen LogP contribution is -2.38. The summed E-state index contributed by atoms with van der Waals surface area (Å²) in [5.74, 6) is 6.43. The Morgan fingerprint density at radius 3 is 2.86 bits per heavy atom. The largest absolute Gasteiger partial charge is 0.495 e. The second-order valence-corrected chi connectivity index (χ2v) is 6.77. The summed E-state index contributed by atoms with van der Waals surface area (Å²) in [6, 6.07) is 5.23. The second kappa shape index (κ2) is 6.83. The normalized spacial score (nSPS) is 17.0. The molecule has 21 heavy (non-hydrogen) atoms. The molecule has 0 aliphatic carbocycles. The molecule has 1 aromatic rings. The zero-order valence-corrected chi connectivity index (χ0v) is 12.8. The number of rotatable bonds is 3. The summed E-state index contributed by atoms with van der Waals surface area (Å²) in [6.07, 6.45) is 1.92. The smallest absolute Gasteiger partial charge is 0.235 e. The molecule has 114 valence electrons. The Kier molecular flexibility index (Phi) is 5.10. The number of aliphatic hydroxyl groups is 1. The molecule has 0 aromatic heterocycles. The van der Waals surface area contributed by atoms with Crippen LogP contribution in [0.3, 0.4) is 0 Å². The summed E-state index contributed by atoms with van der Waals surface area (Å²) in [5.41, 5.74) is 1.24. The van der Waals surface area contributed by atoms with Gasteiger partial charge in [0.25, 0.3) is 0 Å². The van der Waals surface area contributed by atoms with E-state index in [1.54, 1.807) is 18.2 Å². The highest BCUT2D eigenvalue weighted by Crippen LogP contribution is 2.33. The highest BCUT2D eigenvalue weighted by molar-refractivity contribution is 7.92. The molecular weight excluding hydrogens is 290 g/mol. The standard InChI is InChI=1S/C15H19NO4S/c1-20-15-8-7-13(6-2-4-10-17)12-14(15)16-9-3-5-11-21(16,18)19/h7-8,12,17H,3-5,9-11H2,1H3. The summed E-state index contributed by atoms with van der Waals surface area (Å²) < 4.78 is 31.1. The van der Waals surface area contributed by atoms with Gasteiger partial charge in [-0.3, -0.25) is 4.31 Å². The van der Waals surface area contributed by atoms with Crippen LogP contribution in [-0.2, 0) is 10.0 Å². The second-order valence-electron chi connectivity index (χ2n) is 4.76. The SMILES string of the molecule is COc1ccc(C#CCCO)cc1N1CCCCS1(=O)=O. The maximum absolute atomic E-state index is 12.2. The number of ether oxygens (including phenoxy) is 1. The van der Waals surface area contributed by atoms with Crippen LogP contribution in [0.5, 0.6) is 5.75 Å². The Morgan fingerprint density at radius 1 is 1.38 bits per heavy atom. The van der Waals surface area contributed by atoms with Crippen LogP contribution in [0, 0.1) is 11.8 Å². The summed E-state index contributed by atoms with van der Waals surface area (Å²) in [7, 11) is -1.77. The third kappa shape index (κ3) is 3.69.